The molecule has 4 aromatic rings. The summed E-state index contributed by atoms with van der Waals surface area (Å²) < 4.78 is 2.34. The molecule has 0 unspecified atom stereocenters. The lowest BCUT2D eigenvalue weighted by Gasteiger charge is -2.35. The number of aromatic nitrogens is 1. The molecule has 0 bridgehead atoms. The van der Waals surface area contributed by atoms with Gasteiger partial charge in [0, 0.05) is 40.1 Å². The Hall–Kier alpha value is -4.30. The lowest BCUT2D eigenvalue weighted by atomic mass is 9.91. The number of fused-ring (bicyclic) bond motifs is 2. The lowest BCUT2D eigenvalue weighted by molar-refractivity contribution is 0.899. The van der Waals surface area contributed by atoms with Gasteiger partial charge in [-0.05, 0) is 66.5 Å². The first-order chi connectivity index (χ1) is 17.7. The maximum absolute atomic E-state index is 4.17. The number of allylic oxidation sites excluding steroid dienone is 4. The van der Waals surface area contributed by atoms with Crippen molar-refractivity contribution >= 4 is 34.3 Å². The average molecular weight is 469 g/mol. The zero-order chi connectivity index (χ0) is 25.2. The van der Waals surface area contributed by atoms with Gasteiger partial charge in [-0.3, -0.25) is 0 Å². The second-order valence-corrected chi connectivity index (χ2v) is 8.97. The molecule has 2 nitrogen and oxygen atoms in total. The molecule has 0 radical (unpaired) electrons. The maximum atomic E-state index is 4.17. The van der Waals surface area contributed by atoms with Crippen LogP contribution in [0.5, 0.6) is 0 Å². The van der Waals surface area contributed by atoms with E-state index in [2.05, 4.69) is 122 Å². The Morgan fingerprint density at radius 2 is 1.67 bits per heavy atom. The van der Waals surface area contributed by atoms with Crippen molar-refractivity contribution in [1.29, 1.82) is 0 Å². The van der Waals surface area contributed by atoms with Crippen LogP contribution in [-0.2, 0) is 13.0 Å². The molecule has 2 heterocycles. The summed E-state index contributed by atoms with van der Waals surface area (Å²) in [5, 5.41) is 1.21. The second kappa shape index (κ2) is 9.75. The highest BCUT2D eigenvalue weighted by molar-refractivity contribution is 5.95. The Kier molecular flexibility index (Phi) is 6.35. The summed E-state index contributed by atoms with van der Waals surface area (Å²) in [5.74, 6) is 0. The van der Waals surface area contributed by atoms with Crippen molar-refractivity contribution in [2.75, 3.05) is 4.90 Å². The minimum Gasteiger partial charge on any atom is -0.336 e. The van der Waals surface area contributed by atoms with E-state index >= 15 is 0 Å². The third-order valence-corrected chi connectivity index (χ3v) is 7.07. The van der Waals surface area contributed by atoms with Gasteiger partial charge in [0.25, 0.3) is 0 Å². The van der Waals surface area contributed by atoms with E-state index in [9.17, 15) is 0 Å². The first-order valence-electron chi connectivity index (χ1n) is 12.5. The molecule has 0 atom stereocenters. The van der Waals surface area contributed by atoms with Crippen molar-refractivity contribution < 1.29 is 0 Å². The second-order valence-electron chi connectivity index (χ2n) is 8.97. The maximum Gasteiger partial charge on any atom is 0.0541 e. The highest BCUT2D eigenvalue weighted by atomic mass is 15.1. The topological polar surface area (TPSA) is 8.17 Å². The van der Waals surface area contributed by atoms with Crippen LogP contribution < -0.4 is 4.90 Å². The SMILES string of the molecule is C=CC1=C(C=C)N(c2ccccc2CC)Cc2cc(-n3c(/C=C\C)c(C=C)c4ccccc43)ccc21. The van der Waals surface area contributed by atoms with E-state index < -0.39 is 0 Å². The molecule has 0 N–H and O–H groups in total. The highest BCUT2D eigenvalue weighted by Gasteiger charge is 2.25. The number of rotatable bonds is 7. The fourth-order valence-electron chi connectivity index (χ4n) is 5.47. The summed E-state index contributed by atoms with van der Waals surface area (Å²) >= 11 is 0. The zero-order valence-corrected chi connectivity index (χ0v) is 21.2. The predicted octanol–water partition coefficient (Wildman–Crippen LogP) is 8.97. The van der Waals surface area contributed by atoms with Crippen LogP contribution in [0.25, 0.3) is 34.3 Å². The van der Waals surface area contributed by atoms with Gasteiger partial charge in [-0.25, -0.2) is 0 Å². The van der Waals surface area contributed by atoms with Crippen LogP contribution in [0.2, 0.25) is 0 Å². The highest BCUT2D eigenvalue weighted by Crippen LogP contribution is 2.39. The van der Waals surface area contributed by atoms with Crippen LogP contribution in [-0.4, -0.2) is 4.57 Å². The molecule has 0 amide bonds. The Labute approximate surface area is 214 Å². The van der Waals surface area contributed by atoms with E-state index in [1.54, 1.807) is 0 Å². The van der Waals surface area contributed by atoms with Crippen molar-refractivity contribution in [3.8, 4) is 5.69 Å². The van der Waals surface area contributed by atoms with Gasteiger partial charge in [0.15, 0.2) is 0 Å². The first-order valence-corrected chi connectivity index (χ1v) is 12.5. The molecule has 0 saturated heterocycles. The molecule has 1 aliphatic heterocycles. The van der Waals surface area contributed by atoms with Gasteiger partial charge in [-0.2, -0.15) is 0 Å². The number of hydrogen-bond acceptors (Lipinski definition) is 1. The van der Waals surface area contributed by atoms with E-state index in [0.717, 1.165) is 41.2 Å². The lowest BCUT2D eigenvalue weighted by Crippen LogP contribution is -2.27. The minimum atomic E-state index is 0.769. The first kappa shape index (κ1) is 23.4. The third-order valence-electron chi connectivity index (χ3n) is 7.07. The molecular formula is C34H32N2. The molecule has 5 rings (SSSR count). The van der Waals surface area contributed by atoms with Gasteiger partial charge < -0.3 is 9.47 Å². The Morgan fingerprint density at radius 3 is 2.39 bits per heavy atom. The van der Waals surface area contributed by atoms with Gasteiger partial charge in [-0.1, -0.05) is 87.4 Å². The van der Waals surface area contributed by atoms with E-state index in [4.69, 9.17) is 0 Å². The molecule has 1 aliphatic rings. The molecule has 0 spiro atoms. The van der Waals surface area contributed by atoms with E-state index in [1.165, 1.54) is 33.3 Å². The Bertz CT molecular complexity index is 1560. The number of hydrogen-bond donors (Lipinski definition) is 0. The molecule has 3 aromatic carbocycles. The predicted molar refractivity (Wildman–Crippen MR) is 157 cm³/mol. The number of anilines is 1. The van der Waals surface area contributed by atoms with Gasteiger partial charge >= 0.3 is 0 Å². The molecule has 0 saturated carbocycles. The number of nitrogens with zero attached hydrogens (tertiary/aromatic N) is 2. The van der Waals surface area contributed by atoms with Crippen LogP contribution in [0.4, 0.5) is 5.69 Å². The summed E-state index contributed by atoms with van der Waals surface area (Å²) in [6.07, 6.45) is 11.1. The van der Waals surface area contributed by atoms with Gasteiger partial charge in [0.2, 0.25) is 0 Å². The van der Waals surface area contributed by atoms with E-state index in [0.29, 0.717) is 0 Å². The number of aryl methyl sites for hydroxylation is 1. The summed E-state index contributed by atoms with van der Waals surface area (Å²) in [4.78, 5) is 2.38. The third kappa shape index (κ3) is 3.67. The summed E-state index contributed by atoms with van der Waals surface area (Å²) in [6.45, 7) is 17.5. The summed E-state index contributed by atoms with van der Waals surface area (Å²) in [7, 11) is 0. The van der Waals surface area contributed by atoms with E-state index in [1.807, 2.05) is 18.2 Å². The normalized spacial score (nSPS) is 13.3. The van der Waals surface area contributed by atoms with Crippen LogP contribution in [0.3, 0.4) is 0 Å². The molecule has 0 aliphatic carbocycles. The molecule has 1 aromatic heterocycles. The fourth-order valence-corrected chi connectivity index (χ4v) is 5.47. The Balaban J connectivity index is 1.75. The van der Waals surface area contributed by atoms with Crippen LogP contribution in [0, 0.1) is 0 Å². The van der Waals surface area contributed by atoms with Crippen molar-refractivity contribution in [2.24, 2.45) is 0 Å². The van der Waals surface area contributed by atoms with Gasteiger partial charge in [0.05, 0.1) is 11.2 Å². The molecular weight excluding hydrogens is 436 g/mol. The minimum absolute atomic E-state index is 0.769. The van der Waals surface area contributed by atoms with Crippen molar-refractivity contribution in [2.45, 2.75) is 26.8 Å². The fraction of sp³-hybridized carbons (Fsp3) is 0.118. The average Bonchev–Trinajstić information content (AvgIpc) is 3.24. The van der Waals surface area contributed by atoms with Crippen molar-refractivity contribution in [1.82, 2.24) is 4.57 Å². The summed E-state index contributed by atoms with van der Waals surface area (Å²) in [6, 6.07) is 24.0. The van der Waals surface area contributed by atoms with Crippen LogP contribution >= 0.6 is 0 Å². The smallest absolute Gasteiger partial charge is 0.0541 e. The standard InChI is InChI=1S/C34H32N2/c1-6-15-33-28(9-4)30-17-12-14-19-34(30)36(33)26-20-21-29-25(22-26)23-35(31(10-5)27(29)8-3)32-18-13-11-16-24(32)7-2/h6,8-22H,3-5,7,23H2,1-2H3/b15-6-. The van der Waals surface area contributed by atoms with E-state index in [-0.39, 0.29) is 0 Å². The van der Waals surface area contributed by atoms with Crippen molar-refractivity contribution in [3.63, 3.8) is 0 Å². The largest absolute Gasteiger partial charge is 0.336 e. The number of benzene rings is 3. The van der Waals surface area contributed by atoms with Crippen LogP contribution in [0.1, 0.15) is 41.8 Å². The quantitative estimate of drug-likeness (QED) is 0.263. The number of para-hydroxylation sites is 2. The van der Waals surface area contributed by atoms with Crippen LogP contribution in [0.15, 0.2) is 110 Å². The molecule has 36 heavy (non-hydrogen) atoms. The van der Waals surface area contributed by atoms with Gasteiger partial charge in [-0.15, -0.1) is 0 Å². The molecule has 178 valence electrons. The summed E-state index contributed by atoms with van der Waals surface area (Å²) in [5.41, 5.74) is 11.8. The molecule has 0 fully saturated rings. The molecule has 2 heteroatoms. The van der Waals surface area contributed by atoms with Crippen molar-refractivity contribution in [3.05, 3.63) is 138 Å². The van der Waals surface area contributed by atoms with Gasteiger partial charge in [0.1, 0.15) is 0 Å². The Morgan fingerprint density at radius 1 is 0.889 bits per heavy atom. The zero-order valence-electron chi connectivity index (χ0n) is 21.2. The monoisotopic (exact) mass is 468 g/mol.